The summed E-state index contributed by atoms with van der Waals surface area (Å²) >= 11 is 6.08. The molecule has 19 heavy (non-hydrogen) atoms. The van der Waals surface area contributed by atoms with E-state index in [4.69, 9.17) is 21.8 Å². The fraction of sp³-hybridized carbons (Fsp3) is 0.571. The molecule has 0 radical (unpaired) electrons. The van der Waals surface area contributed by atoms with Crippen molar-refractivity contribution in [1.29, 1.82) is 0 Å². The molecule has 5 heteroatoms. The van der Waals surface area contributed by atoms with Crippen molar-refractivity contribution in [3.8, 4) is 0 Å². The Balaban J connectivity index is 2.13. The van der Waals surface area contributed by atoms with Crippen molar-refractivity contribution in [1.82, 2.24) is 9.97 Å². The highest BCUT2D eigenvalue weighted by Crippen LogP contribution is 2.41. The Kier molecular flexibility index (Phi) is 2.75. The van der Waals surface area contributed by atoms with E-state index in [0.717, 1.165) is 36.1 Å². The summed E-state index contributed by atoms with van der Waals surface area (Å²) in [5, 5.41) is 0.309. The van der Waals surface area contributed by atoms with Crippen molar-refractivity contribution in [2.45, 2.75) is 40.0 Å². The SMILES string of the molecule is CC(C)(C)C1CCc2oc3c(Cl)nc(N)nc3c2C1. The summed E-state index contributed by atoms with van der Waals surface area (Å²) in [4.78, 5) is 8.27. The molecule has 2 N–H and O–H groups in total. The molecule has 0 saturated carbocycles. The molecule has 3 rings (SSSR count). The molecule has 0 bridgehead atoms. The van der Waals surface area contributed by atoms with E-state index in [1.807, 2.05) is 0 Å². The first-order valence-corrected chi connectivity index (χ1v) is 6.97. The highest BCUT2D eigenvalue weighted by Gasteiger charge is 2.32. The number of nitrogen functional groups attached to an aromatic ring is 1. The number of anilines is 1. The molecule has 102 valence electrons. The van der Waals surface area contributed by atoms with Crippen molar-refractivity contribution in [3.63, 3.8) is 0 Å². The normalized spacial score (nSPS) is 19.7. The molecular weight excluding hydrogens is 262 g/mol. The zero-order valence-corrected chi connectivity index (χ0v) is 12.2. The number of hydrogen-bond donors (Lipinski definition) is 1. The Hall–Kier alpha value is -1.29. The van der Waals surface area contributed by atoms with E-state index in [1.54, 1.807) is 0 Å². The van der Waals surface area contributed by atoms with E-state index in [1.165, 1.54) is 0 Å². The minimum Gasteiger partial charge on any atom is -0.456 e. The van der Waals surface area contributed by atoms with Crippen molar-refractivity contribution in [2.75, 3.05) is 5.73 Å². The Morgan fingerprint density at radius 1 is 1.32 bits per heavy atom. The van der Waals surface area contributed by atoms with Crippen molar-refractivity contribution < 1.29 is 4.42 Å². The van der Waals surface area contributed by atoms with E-state index in [9.17, 15) is 0 Å². The van der Waals surface area contributed by atoms with E-state index >= 15 is 0 Å². The van der Waals surface area contributed by atoms with Crippen LogP contribution in [0, 0.1) is 11.3 Å². The van der Waals surface area contributed by atoms with Gasteiger partial charge in [0.05, 0.1) is 0 Å². The first kappa shape index (κ1) is 12.7. The molecule has 0 aromatic carbocycles. The largest absolute Gasteiger partial charge is 0.456 e. The second-order valence-corrected chi connectivity index (χ2v) is 6.72. The number of furan rings is 1. The minimum absolute atomic E-state index is 0.207. The van der Waals surface area contributed by atoms with Gasteiger partial charge in [0.25, 0.3) is 0 Å². The van der Waals surface area contributed by atoms with Gasteiger partial charge >= 0.3 is 0 Å². The van der Waals surface area contributed by atoms with Crippen LogP contribution in [-0.2, 0) is 12.8 Å². The lowest BCUT2D eigenvalue weighted by atomic mass is 9.72. The quantitative estimate of drug-likeness (QED) is 0.748. The molecule has 1 aliphatic rings. The predicted octanol–water partition coefficient (Wildman–Crippen LogP) is 3.61. The summed E-state index contributed by atoms with van der Waals surface area (Å²) in [5.41, 5.74) is 8.51. The second-order valence-electron chi connectivity index (χ2n) is 6.36. The molecule has 1 atom stereocenters. The first-order valence-electron chi connectivity index (χ1n) is 6.59. The monoisotopic (exact) mass is 279 g/mol. The van der Waals surface area contributed by atoms with E-state index in [2.05, 4.69) is 30.7 Å². The number of nitrogens with zero attached hydrogens (tertiary/aromatic N) is 2. The van der Waals surface area contributed by atoms with Gasteiger partial charge in [0, 0.05) is 12.0 Å². The maximum atomic E-state index is 6.08. The molecule has 4 nitrogen and oxygen atoms in total. The van der Waals surface area contributed by atoms with Gasteiger partial charge in [0.15, 0.2) is 10.7 Å². The summed E-state index contributed by atoms with van der Waals surface area (Å²) in [7, 11) is 0. The van der Waals surface area contributed by atoms with Crippen LogP contribution >= 0.6 is 11.6 Å². The number of rotatable bonds is 0. The zero-order chi connectivity index (χ0) is 13.8. The fourth-order valence-electron chi connectivity index (χ4n) is 2.86. The summed E-state index contributed by atoms with van der Waals surface area (Å²) in [6.45, 7) is 6.84. The van der Waals surface area contributed by atoms with E-state index in [-0.39, 0.29) is 11.4 Å². The van der Waals surface area contributed by atoms with Gasteiger partial charge in [-0.3, -0.25) is 0 Å². The van der Waals surface area contributed by atoms with Crippen molar-refractivity contribution >= 4 is 28.6 Å². The van der Waals surface area contributed by atoms with Gasteiger partial charge in [-0.25, -0.2) is 4.98 Å². The smallest absolute Gasteiger partial charge is 0.222 e. The molecule has 2 heterocycles. The average Bonchev–Trinajstić information content (AvgIpc) is 2.66. The van der Waals surface area contributed by atoms with Gasteiger partial charge in [0.1, 0.15) is 11.3 Å². The van der Waals surface area contributed by atoms with Crippen LogP contribution in [0.3, 0.4) is 0 Å². The highest BCUT2D eigenvalue weighted by atomic mass is 35.5. The maximum absolute atomic E-state index is 6.08. The molecule has 2 aromatic rings. The third kappa shape index (κ3) is 2.08. The van der Waals surface area contributed by atoms with Gasteiger partial charge in [-0.1, -0.05) is 32.4 Å². The molecule has 0 amide bonds. The number of aryl methyl sites for hydroxylation is 1. The molecular formula is C14H18ClN3O. The first-order chi connectivity index (χ1) is 8.86. The standard InChI is InChI=1S/C14H18ClN3O/c1-14(2,3)7-4-5-9-8(6-7)10-11(19-9)12(15)18-13(16)17-10/h7H,4-6H2,1-3H3,(H2,16,17,18). The summed E-state index contributed by atoms with van der Waals surface area (Å²) in [6, 6.07) is 0. The van der Waals surface area contributed by atoms with E-state index in [0.29, 0.717) is 16.7 Å². The lowest BCUT2D eigenvalue weighted by Gasteiger charge is -2.33. The Morgan fingerprint density at radius 3 is 2.74 bits per heavy atom. The molecule has 0 saturated heterocycles. The zero-order valence-electron chi connectivity index (χ0n) is 11.5. The Bertz CT molecular complexity index is 642. The Labute approximate surface area is 117 Å². The summed E-state index contributed by atoms with van der Waals surface area (Å²) < 4.78 is 5.82. The third-order valence-corrected chi connectivity index (χ3v) is 4.34. The summed E-state index contributed by atoms with van der Waals surface area (Å²) in [5.74, 6) is 1.83. The second kappa shape index (κ2) is 4.10. The topological polar surface area (TPSA) is 64.9 Å². The van der Waals surface area contributed by atoms with E-state index < -0.39 is 0 Å². The van der Waals surface area contributed by atoms with Gasteiger partial charge in [-0.15, -0.1) is 0 Å². The van der Waals surface area contributed by atoms with Crippen LogP contribution in [0.5, 0.6) is 0 Å². The van der Waals surface area contributed by atoms with Crippen LogP contribution in [0.25, 0.3) is 11.1 Å². The van der Waals surface area contributed by atoms with Gasteiger partial charge in [-0.05, 0) is 24.2 Å². The van der Waals surface area contributed by atoms with Crippen LogP contribution in [0.4, 0.5) is 5.95 Å². The highest BCUT2D eigenvalue weighted by molar-refractivity contribution is 6.33. The molecule has 2 aromatic heterocycles. The van der Waals surface area contributed by atoms with Crippen LogP contribution in [0.1, 0.15) is 38.5 Å². The van der Waals surface area contributed by atoms with Crippen molar-refractivity contribution in [3.05, 3.63) is 16.5 Å². The molecule has 1 aliphatic carbocycles. The van der Waals surface area contributed by atoms with Crippen LogP contribution in [0.15, 0.2) is 4.42 Å². The number of nitrogens with two attached hydrogens (primary N) is 1. The number of hydrogen-bond acceptors (Lipinski definition) is 4. The summed E-state index contributed by atoms with van der Waals surface area (Å²) in [6.07, 6.45) is 3.04. The lowest BCUT2D eigenvalue weighted by molar-refractivity contribution is 0.210. The molecule has 0 spiro atoms. The van der Waals surface area contributed by atoms with Gasteiger partial charge in [0.2, 0.25) is 5.95 Å². The Morgan fingerprint density at radius 2 is 2.05 bits per heavy atom. The van der Waals surface area contributed by atoms with Crippen LogP contribution in [-0.4, -0.2) is 9.97 Å². The number of aromatic nitrogens is 2. The minimum atomic E-state index is 0.207. The fourth-order valence-corrected chi connectivity index (χ4v) is 3.07. The predicted molar refractivity (Wildman–Crippen MR) is 76.2 cm³/mol. The molecule has 0 fully saturated rings. The number of halogens is 1. The lowest BCUT2D eigenvalue weighted by Crippen LogP contribution is -2.26. The number of fused-ring (bicyclic) bond motifs is 3. The average molecular weight is 280 g/mol. The molecule has 1 unspecified atom stereocenters. The third-order valence-electron chi connectivity index (χ3n) is 4.08. The van der Waals surface area contributed by atoms with Crippen LogP contribution in [0.2, 0.25) is 5.15 Å². The van der Waals surface area contributed by atoms with Gasteiger partial charge < -0.3 is 10.2 Å². The van der Waals surface area contributed by atoms with Gasteiger partial charge in [-0.2, -0.15) is 4.98 Å². The van der Waals surface area contributed by atoms with Crippen molar-refractivity contribution in [2.24, 2.45) is 11.3 Å². The maximum Gasteiger partial charge on any atom is 0.222 e. The molecule has 0 aliphatic heterocycles. The van der Waals surface area contributed by atoms with Crippen LogP contribution < -0.4 is 5.73 Å².